The molecule has 3 rings (SSSR count). The number of aliphatic hydroxyl groups excluding tert-OH is 1. The lowest BCUT2D eigenvalue weighted by atomic mass is 9.94. The minimum atomic E-state index is -0.287. The molecule has 2 aliphatic rings. The van der Waals surface area contributed by atoms with E-state index in [0.717, 1.165) is 74.3 Å². The van der Waals surface area contributed by atoms with Gasteiger partial charge in [0.1, 0.15) is 5.82 Å². The molecular weight excluding hydrogens is 312 g/mol. The van der Waals surface area contributed by atoms with Crippen molar-refractivity contribution >= 4 is 23.7 Å². The lowest BCUT2D eigenvalue weighted by Crippen LogP contribution is -2.45. The molecule has 1 aromatic heterocycles. The van der Waals surface area contributed by atoms with E-state index in [4.69, 9.17) is 15.1 Å². The summed E-state index contributed by atoms with van der Waals surface area (Å²) in [6, 6.07) is 0. The molecule has 1 fully saturated rings. The average Bonchev–Trinajstić information content (AvgIpc) is 2.55. The molecule has 8 heteroatoms. The van der Waals surface area contributed by atoms with Crippen molar-refractivity contribution in [1.29, 1.82) is 0 Å². The molecule has 7 nitrogen and oxygen atoms in total. The van der Waals surface area contributed by atoms with Crippen LogP contribution in [-0.4, -0.2) is 71.6 Å². The van der Waals surface area contributed by atoms with Crippen LogP contribution in [0.25, 0.3) is 0 Å². The van der Waals surface area contributed by atoms with Crippen molar-refractivity contribution in [2.45, 2.75) is 25.4 Å². The zero-order valence-electron chi connectivity index (χ0n) is 13.7. The molecule has 0 aromatic carbocycles. The first-order chi connectivity index (χ1) is 11.2. The molecule has 128 valence electrons. The van der Waals surface area contributed by atoms with Crippen molar-refractivity contribution in [3.05, 3.63) is 11.3 Å². The van der Waals surface area contributed by atoms with Gasteiger partial charge < -0.3 is 20.2 Å². The molecular formula is C15H26N6OS. The summed E-state index contributed by atoms with van der Waals surface area (Å²) in [6.07, 6.45) is 1.95. The van der Waals surface area contributed by atoms with Crippen LogP contribution in [0.4, 0.5) is 11.8 Å². The van der Waals surface area contributed by atoms with Gasteiger partial charge in [-0.25, -0.2) is 4.98 Å². The van der Waals surface area contributed by atoms with Crippen molar-refractivity contribution in [2.75, 3.05) is 55.7 Å². The maximum Gasteiger partial charge on any atom is 0.227 e. The van der Waals surface area contributed by atoms with Gasteiger partial charge in [-0.15, -0.1) is 0 Å². The Bertz CT molecular complexity index is 535. The van der Waals surface area contributed by atoms with E-state index in [2.05, 4.69) is 22.2 Å². The van der Waals surface area contributed by atoms with E-state index in [1.807, 2.05) is 0 Å². The van der Waals surface area contributed by atoms with Crippen molar-refractivity contribution in [2.24, 2.45) is 5.14 Å². The fraction of sp³-hybridized carbons (Fsp3) is 0.733. The standard InChI is InChI=1S/C15H26N6OS/c1-20-5-7-21(8-6-20)15-18-13-10-11(22)2-3-12(13)14(19-15)17-4-9-23-16/h11,22H,2-10,16H2,1H3,(H,17,18,19). The van der Waals surface area contributed by atoms with Gasteiger partial charge in [0, 0.05) is 50.5 Å². The molecule has 1 saturated heterocycles. The van der Waals surface area contributed by atoms with Crippen LogP contribution in [0.1, 0.15) is 17.7 Å². The second-order valence-corrected chi connectivity index (χ2v) is 7.02. The van der Waals surface area contributed by atoms with Crippen LogP contribution in [0.5, 0.6) is 0 Å². The topological polar surface area (TPSA) is 90.5 Å². The fourth-order valence-electron chi connectivity index (χ4n) is 3.11. The third kappa shape index (κ3) is 4.06. The maximum atomic E-state index is 9.98. The predicted molar refractivity (Wildman–Crippen MR) is 94.9 cm³/mol. The number of aliphatic hydroxyl groups is 1. The molecule has 23 heavy (non-hydrogen) atoms. The number of hydrogen-bond donors (Lipinski definition) is 3. The predicted octanol–water partition coefficient (Wildman–Crippen LogP) is 0.0968. The first-order valence-corrected chi connectivity index (χ1v) is 9.29. The normalized spacial score (nSPS) is 22.0. The van der Waals surface area contributed by atoms with Gasteiger partial charge in [0.2, 0.25) is 5.95 Å². The molecule has 1 atom stereocenters. The zero-order chi connectivity index (χ0) is 16.2. The Labute approximate surface area is 141 Å². The molecule has 0 radical (unpaired) electrons. The fourth-order valence-corrected chi connectivity index (χ4v) is 3.33. The Morgan fingerprint density at radius 3 is 2.83 bits per heavy atom. The third-order valence-electron chi connectivity index (χ3n) is 4.54. The lowest BCUT2D eigenvalue weighted by molar-refractivity contribution is 0.157. The van der Waals surface area contributed by atoms with Gasteiger partial charge >= 0.3 is 0 Å². The third-order valence-corrected chi connectivity index (χ3v) is 4.98. The van der Waals surface area contributed by atoms with E-state index in [9.17, 15) is 5.11 Å². The molecule has 1 aliphatic heterocycles. The van der Waals surface area contributed by atoms with Crippen molar-refractivity contribution in [3.63, 3.8) is 0 Å². The van der Waals surface area contributed by atoms with Crippen LogP contribution >= 0.6 is 11.9 Å². The van der Waals surface area contributed by atoms with Crippen LogP contribution in [0, 0.1) is 0 Å². The second kappa shape index (κ2) is 7.65. The summed E-state index contributed by atoms with van der Waals surface area (Å²) in [6.45, 7) is 4.71. The Morgan fingerprint density at radius 1 is 1.30 bits per heavy atom. The van der Waals surface area contributed by atoms with E-state index in [1.165, 1.54) is 11.9 Å². The molecule has 1 aliphatic carbocycles. The molecule has 4 N–H and O–H groups in total. The minimum Gasteiger partial charge on any atom is -0.393 e. The number of nitrogens with two attached hydrogens (primary N) is 1. The summed E-state index contributed by atoms with van der Waals surface area (Å²) in [5.74, 6) is 2.55. The largest absolute Gasteiger partial charge is 0.393 e. The molecule has 1 unspecified atom stereocenters. The SMILES string of the molecule is CN1CCN(c2nc3c(c(NCCSN)n2)CCC(O)C3)CC1. The van der Waals surface area contributed by atoms with E-state index in [1.54, 1.807) is 0 Å². The molecule has 0 bridgehead atoms. The van der Waals surface area contributed by atoms with E-state index in [0.29, 0.717) is 6.42 Å². The van der Waals surface area contributed by atoms with Gasteiger partial charge in [0.15, 0.2) is 0 Å². The van der Waals surface area contributed by atoms with Crippen LogP contribution in [0.2, 0.25) is 0 Å². The Morgan fingerprint density at radius 2 is 2.09 bits per heavy atom. The second-order valence-electron chi connectivity index (χ2n) is 6.28. The summed E-state index contributed by atoms with van der Waals surface area (Å²) in [5, 5.41) is 18.9. The number of aromatic nitrogens is 2. The van der Waals surface area contributed by atoms with Crippen LogP contribution in [-0.2, 0) is 12.8 Å². The molecule has 2 heterocycles. The average molecular weight is 338 g/mol. The summed E-state index contributed by atoms with van der Waals surface area (Å²) in [7, 11) is 2.14. The summed E-state index contributed by atoms with van der Waals surface area (Å²) >= 11 is 1.33. The van der Waals surface area contributed by atoms with Gasteiger partial charge in [-0.3, -0.25) is 5.14 Å². The number of nitrogens with one attached hydrogen (secondary N) is 1. The monoisotopic (exact) mass is 338 g/mol. The Hall–Kier alpha value is -1.09. The first kappa shape index (κ1) is 16.8. The molecule has 0 saturated carbocycles. The van der Waals surface area contributed by atoms with Crippen molar-refractivity contribution in [1.82, 2.24) is 14.9 Å². The highest BCUT2D eigenvalue weighted by atomic mass is 32.2. The molecule has 0 spiro atoms. The number of likely N-dealkylation sites (N-methyl/N-ethyl adjacent to an activating group) is 1. The molecule has 1 aromatic rings. The maximum absolute atomic E-state index is 9.98. The van der Waals surface area contributed by atoms with Gasteiger partial charge in [-0.1, -0.05) is 11.9 Å². The van der Waals surface area contributed by atoms with E-state index in [-0.39, 0.29) is 6.10 Å². The number of rotatable bonds is 5. The van der Waals surface area contributed by atoms with Gasteiger partial charge in [-0.05, 0) is 19.9 Å². The highest BCUT2D eigenvalue weighted by molar-refractivity contribution is 7.97. The summed E-state index contributed by atoms with van der Waals surface area (Å²) in [5.41, 5.74) is 2.16. The minimum absolute atomic E-state index is 0.287. The summed E-state index contributed by atoms with van der Waals surface area (Å²) < 4.78 is 0. The molecule has 0 amide bonds. The first-order valence-electron chi connectivity index (χ1n) is 8.24. The number of fused-ring (bicyclic) bond motifs is 1. The van der Waals surface area contributed by atoms with Gasteiger partial charge in [-0.2, -0.15) is 4.98 Å². The van der Waals surface area contributed by atoms with Crippen molar-refractivity contribution in [3.8, 4) is 0 Å². The number of nitrogens with zero attached hydrogens (tertiary/aromatic N) is 4. The highest BCUT2D eigenvalue weighted by Gasteiger charge is 2.25. The number of hydrogen-bond acceptors (Lipinski definition) is 8. The van der Waals surface area contributed by atoms with E-state index >= 15 is 0 Å². The van der Waals surface area contributed by atoms with Crippen LogP contribution in [0.3, 0.4) is 0 Å². The van der Waals surface area contributed by atoms with Crippen molar-refractivity contribution < 1.29 is 5.11 Å². The quantitative estimate of drug-likeness (QED) is 0.514. The van der Waals surface area contributed by atoms with Gasteiger partial charge in [0.05, 0.1) is 11.8 Å². The summed E-state index contributed by atoms with van der Waals surface area (Å²) in [4.78, 5) is 14.1. The zero-order valence-corrected chi connectivity index (χ0v) is 14.5. The smallest absolute Gasteiger partial charge is 0.227 e. The lowest BCUT2D eigenvalue weighted by Gasteiger charge is -2.33. The van der Waals surface area contributed by atoms with E-state index < -0.39 is 0 Å². The highest BCUT2D eigenvalue weighted by Crippen LogP contribution is 2.28. The van der Waals surface area contributed by atoms with Crippen LogP contribution < -0.4 is 15.4 Å². The Balaban J connectivity index is 1.84. The van der Waals surface area contributed by atoms with Gasteiger partial charge in [0.25, 0.3) is 0 Å². The number of anilines is 2. The number of piperazine rings is 1. The Kier molecular flexibility index (Phi) is 5.58. The van der Waals surface area contributed by atoms with Crippen LogP contribution in [0.15, 0.2) is 0 Å².